The predicted molar refractivity (Wildman–Crippen MR) is 49.0 cm³/mol. The molecule has 2 rings (SSSR count). The minimum Gasteiger partial charge on any atom is -0.431 e. The van der Waals surface area contributed by atoms with Gasteiger partial charge < -0.3 is 4.74 Å². The molecule has 1 aromatic rings. The maximum Gasteiger partial charge on any atom is 0.311 e. The predicted octanol–water partition coefficient (Wildman–Crippen LogP) is 2.23. The van der Waals surface area contributed by atoms with Gasteiger partial charge in [-0.2, -0.15) is 0 Å². The Balaban J connectivity index is 2.28. The summed E-state index contributed by atoms with van der Waals surface area (Å²) >= 11 is 0. The van der Waals surface area contributed by atoms with Crippen molar-refractivity contribution in [3.63, 3.8) is 0 Å². The third-order valence-corrected chi connectivity index (χ3v) is 2.21. The summed E-state index contributed by atoms with van der Waals surface area (Å²) in [4.78, 5) is 11.0. The molecule has 0 amide bonds. The minimum absolute atomic E-state index is 0.0497. The van der Waals surface area contributed by atoms with Crippen LogP contribution >= 0.6 is 0 Å². The van der Waals surface area contributed by atoms with Crippen molar-refractivity contribution in [1.29, 1.82) is 0 Å². The molecule has 0 aliphatic carbocycles. The van der Waals surface area contributed by atoms with E-state index in [0.29, 0.717) is 12.2 Å². The maximum atomic E-state index is 11.0. The van der Waals surface area contributed by atoms with E-state index in [1.165, 1.54) is 0 Å². The highest BCUT2D eigenvalue weighted by atomic mass is 16.5. The summed E-state index contributed by atoms with van der Waals surface area (Å²) in [6.07, 6.45) is 0.419. The lowest BCUT2D eigenvalue weighted by atomic mass is 9.96. The van der Waals surface area contributed by atoms with Gasteiger partial charge in [0.25, 0.3) is 0 Å². The van der Waals surface area contributed by atoms with Crippen LogP contribution in [0.2, 0.25) is 0 Å². The van der Waals surface area contributed by atoms with E-state index in [1.54, 1.807) is 0 Å². The van der Waals surface area contributed by atoms with Crippen LogP contribution in [0.5, 0.6) is 0 Å². The number of benzene rings is 1. The van der Waals surface area contributed by atoms with Crippen LogP contribution in [0.3, 0.4) is 0 Å². The lowest BCUT2D eigenvalue weighted by Crippen LogP contribution is -1.94. The van der Waals surface area contributed by atoms with Crippen LogP contribution in [0.15, 0.2) is 42.7 Å². The Labute approximate surface area is 76.8 Å². The van der Waals surface area contributed by atoms with Crippen LogP contribution in [0.1, 0.15) is 17.9 Å². The normalized spacial score (nSPS) is 21.7. The van der Waals surface area contributed by atoms with Crippen molar-refractivity contribution < 1.29 is 9.53 Å². The third kappa shape index (κ3) is 1.47. The van der Waals surface area contributed by atoms with Crippen molar-refractivity contribution in [2.45, 2.75) is 12.3 Å². The minimum atomic E-state index is -0.182. The zero-order chi connectivity index (χ0) is 9.26. The molecule has 0 saturated carbocycles. The van der Waals surface area contributed by atoms with Crippen molar-refractivity contribution in [3.05, 3.63) is 48.2 Å². The number of allylic oxidation sites excluding steroid dienone is 1. The molecule has 2 nitrogen and oxygen atoms in total. The molecule has 1 unspecified atom stereocenters. The molecule has 1 fully saturated rings. The fraction of sp³-hybridized carbons (Fsp3) is 0.182. The van der Waals surface area contributed by atoms with E-state index in [1.807, 2.05) is 30.3 Å². The summed E-state index contributed by atoms with van der Waals surface area (Å²) in [6, 6.07) is 9.82. The molecular formula is C11H10O2. The molecule has 1 aromatic carbocycles. The Morgan fingerprint density at radius 3 is 2.54 bits per heavy atom. The van der Waals surface area contributed by atoms with Crippen LogP contribution in [-0.4, -0.2) is 5.97 Å². The van der Waals surface area contributed by atoms with Gasteiger partial charge >= 0.3 is 5.97 Å². The van der Waals surface area contributed by atoms with Crippen LogP contribution in [0.25, 0.3) is 0 Å². The third-order valence-electron chi connectivity index (χ3n) is 2.21. The summed E-state index contributed by atoms with van der Waals surface area (Å²) in [5.74, 6) is 0.434. The summed E-state index contributed by atoms with van der Waals surface area (Å²) in [6.45, 7) is 3.72. The van der Waals surface area contributed by atoms with Gasteiger partial charge in [-0.05, 0) is 5.56 Å². The highest BCUT2D eigenvalue weighted by molar-refractivity contribution is 5.75. The second kappa shape index (κ2) is 3.05. The summed E-state index contributed by atoms with van der Waals surface area (Å²) in [5.41, 5.74) is 1.10. The van der Waals surface area contributed by atoms with Crippen molar-refractivity contribution in [2.75, 3.05) is 0 Å². The highest BCUT2D eigenvalue weighted by Gasteiger charge is 2.29. The molecule has 0 aromatic heterocycles. The molecule has 1 saturated heterocycles. The first-order valence-electron chi connectivity index (χ1n) is 4.22. The van der Waals surface area contributed by atoms with Gasteiger partial charge in [-0.15, -0.1) is 0 Å². The second-order valence-electron chi connectivity index (χ2n) is 3.11. The molecule has 0 radical (unpaired) electrons. The van der Waals surface area contributed by atoms with E-state index in [2.05, 4.69) is 6.58 Å². The number of hydrogen-bond donors (Lipinski definition) is 0. The molecular weight excluding hydrogens is 164 g/mol. The van der Waals surface area contributed by atoms with Gasteiger partial charge in [-0.3, -0.25) is 4.79 Å². The van der Waals surface area contributed by atoms with Crippen molar-refractivity contribution in [1.82, 2.24) is 0 Å². The standard InChI is InChI=1S/C11H10O2/c1-8-10(7-11(12)13-8)9-5-3-2-4-6-9/h2-6,10H,1,7H2. The maximum absolute atomic E-state index is 11.0. The first-order chi connectivity index (χ1) is 6.27. The zero-order valence-electron chi connectivity index (χ0n) is 7.19. The molecule has 1 aliphatic rings. The van der Waals surface area contributed by atoms with E-state index in [9.17, 15) is 4.79 Å². The van der Waals surface area contributed by atoms with Crippen LogP contribution in [-0.2, 0) is 9.53 Å². The lowest BCUT2D eigenvalue weighted by Gasteiger charge is -2.06. The Bertz CT molecular complexity index is 340. The largest absolute Gasteiger partial charge is 0.431 e. The Kier molecular flexibility index (Phi) is 1.89. The molecule has 13 heavy (non-hydrogen) atoms. The summed E-state index contributed by atoms with van der Waals surface area (Å²) in [5, 5.41) is 0. The van der Waals surface area contributed by atoms with Gasteiger partial charge in [-0.25, -0.2) is 0 Å². The first kappa shape index (κ1) is 8.05. The van der Waals surface area contributed by atoms with Gasteiger partial charge in [0.1, 0.15) is 5.76 Å². The van der Waals surface area contributed by atoms with Gasteiger partial charge in [0.2, 0.25) is 0 Å². The summed E-state index contributed by atoms with van der Waals surface area (Å²) < 4.78 is 4.89. The number of carbonyl (C=O) groups excluding carboxylic acids is 1. The number of cyclic esters (lactones) is 1. The van der Waals surface area contributed by atoms with Crippen LogP contribution < -0.4 is 0 Å². The van der Waals surface area contributed by atoms with E-state index >= 15 is 0 Å². The molecule has 0 bridgehead atoms. The van der Waals surface area contributed by atoms with E-state index in [4.69, 9.17) is 4.74 Å². The lowest BCUT2D eigenvalue weighted by molar-refractivity contribution is -0.135. The molecule has 1 heterocycles. The number of carbonyl (C=O) groups is 1. The van der Waals surface area contributed by atoms with Crippen LogP contribution in [0.4, 0.5) is 0 Å². The topological polar surface area (TPSA) is 26.3 Å². The molecule has 1 aliphatic heterocycles. The fourth-order valence-corrected chi connectivity index (χ4v) is 1.53. The van der Waals surface area contributed by atoms with Crippen molar-refractivity contribution in [3.8, 4) is 0 Å². The molecule has 1 atom stereocenters. The second-order valence-corrected chi connectivity index (χ2v) is 3.11. The van der Waals surface area contributed by atoms with Gasteiger partial charge in [0.15, 0.2) is 0 Å². The number of rotatable bonds is 1. The first-order valence-corrected chi connectivity index (χ1v) is 4.22. The number of ether oxygens (including phenoxy) is 1. The number of esters is 1. The quantitative estimate of drug-likeness (QED) is 0.610. The fourth-order valence-electron chi connectivity index (χ4n) is 1.53. The zero-order valence-corrected chi connectivity index (χ0v) is 7.19. The smallest absolute Gasteiger partial charge is 0.311 e. The van der Waals surface area contributed by atoms with Gasteiger partial charge in [0, 0.05) is 0 Å². The van der Waals surface area contributed by atoms with Gasteiger partial charge in [-0.1, -0.05) is 36.9 Å². The monoisotopic (exact) mass is 174 g/mol. The SMILES string of the molecule is C=C1OC(=O)CC1c1ccccc1. The van der Waals surface area contributed by atoms with Crippen molar-refractivity contribution in [2.24, 2.45) is 0 Å². The van der Waals surface area contributed by atoms with E-state index in [-0.39, 0.29) is 11.9 Å². The summed E-state index contributed by atoms with van der Waals surface area (Å²) in [7, 11) is 0. The average Bonchev–Trinajstić information content (AvgIpc) is 2.47. The molecule has 0 N–H and O–H groups in total. The Morgan fingerprint density at radius 1 is 1.31 bits per heavy atom. The van der Waals surface area contributed by atoms with E-state index < -0.39 is 0 Å². The average molecular weight is 174 g/mol. The number of hydrogen-bond acceptors (Lipinski definition) is 2. The molecule has 66 valence electrons. The Hall–Kier alpha value is -1.57. The van der Waals surface area contributed by atoms with Gasteiger partial charge in [0.05, 0.1) is 12.3 Å². The van der Waals surface area contributed by atoms with Crippen LogP contribution in [0, 0.1) is 0 Å². The Morgan fingerprint density at radius 2 is 2.00 bits per heavy atom. The molecule has 2 heteroatoms. The van der Waals surface area contributed by atoms with E-state index in [0.717, 1.165) is 5.56 Å². The molecule has 0 spiro atoms. The highest BCUT2D eigenvalue weighted by Crippen LogP contribution is 2.33. The van der Waals surface area contributed by atoms with Crippen molar-refractivity contribution >= 4 is 5.97 Å².